The molecule has 0 N–H and O–H groups in total. The van der Waals surface area contributed by atoms with Crippen molar-refractivity contribution in [2.24, 2.45) is 0 Å². The van der Waals surface area contributed by atoms with Gasteiger partial charge in [-0.3, -0.25) is 9.69 Å². The fraction of sp³-hybridized carbons (Fsp3) is 0.571. The van der Waals surface area contributed by atoms with Crippen LogP contribution < -0.4 is 0 Å². The fourth-order valence-corrected chi connectivity index (χ4v) is 1.39. The molecular formula is C7H10N4O. The Morgan fingerprint density at radius 1 is 1.42 bits per heavy atom. The summed E-state index contributed by atoms with van der Waals surface area (Å²) in [5.74, 6) is 1.32. The van der Waals surface area contributed by atoms with Crippen molar-refractivity contribution in [2.75, 3.05) is 13.6 Å². The van der Waals surface area contributed by atoms with E-state index in [1.807, 2.05) is 11.6 Å². The Kier molecular flexibility index (Phi) is 1.65. The summed E-state index contributed by atoms with van der Waals surface area (Å²) in [5.41, 5.74) is 0. The molecule has 0 aromatic carbocycles. The minimum atomic E-state index is 0.443. The largest absolute Gasteiger partial charge is 0.306 e. The lowest BCUT2D eigenvalue weighted by Crippen LogP contribution is -2.31. The maximum absolute atomic E-state index is 10.5. The smallest absolute Gasteiger partial charge is 0.196 e. The number of nitrogens with zero attached hydrogens (tertiary/aromatic N) is 4. The first kappa shape index (κ1) is 7.42. The zero-order valence-corrected chi connectivity index (χ0v) is 6.90. The molecule has 0 radical (unpaired) electrons. The summed E-state index contributed by atoms with van der Waals surface area (Å²) in [6.07, 6.45) is 0.752. The Hall–Kier alpha value is -1.23. The van der Waals surface area contributed by atoms with E-state index in [1.54, 1.807) is 0 Å². The van der Waals surface area contributed by atoms with Crippen molar-refractivity contribution in [3.05, 3.63) is 11.6 Å². The monoisotopic (exact) mass is 166 g/mol. The van der Waals surface area contributed by atoms with Crippen molar-refractivity contribution < 1.29 is 4.79 Å². The first-order valence-corrected chi connectivity index (χ1v) is 3.87. The SMILES string of the molecule is CN1CCn2c(C=O)nnc2C1. The van der Waals surface area contributed by atoms with Gasteiger partial charge in [0.2, 0.25) is 0 Å². The molecule has 1 aromatic heterocycles. The summed E-state index contributed by atoms with van der Waals surface area (Å²) < 4.78 is 1.87. The second-order valence-corrected chi connectivity index (χ2v) is 2.98. The highest BCUT2D eigenvalue weighted by Crippen LogP contribution is 2.08. The third-order valence-electron chi connectivity index (χ3n) is 2.08. The minimum Gasteiger partial charge on any atom is -0.306 e. The number of carbonyl (C=O) groups is 1. The van der Waals surface area contributed by atoms with E-state index in [9.17, 15) is 4.79 Å². The lowest BCUT2D eigenvalue weighted by molar-refractivity contribution is 0.110. The number of carbonyl (C=O) groups excluding carboxylic acids is 1. The van der Waals surface area contributed by atoms with E-state index >= 15 is 0 Å². The van der Waals surface area contributed by atoms with Gasteiger partial charge >= 0.3 is 0 Å². The number of fused-ring (bicyclic) bond motifs is 1. The summed E-state index contributed by atoms with van der Waals surface area (Å²) in [6, 6.07) is 0. The molecule has 1 aliphatic heterocycles. The Balaban J connectivity index is 2.38. The van der Waals surface area contributed by atoms with Crippen LogP contribution >= 0.6 is 0 Å². The highest BCUT2D eigenvalue weighted by atomic mass is 16.1. The van der Waals surface area contributed by atoms with Gasteiger partial charge in [0.05, 0.1) is 6.54 Å². The number of aromatic nitrogens is 3. The molecule has 0 spiro atoms. The van der Waals surface area contributed by atoms with Gasteiger partial charge in [0.15, 0.2) is 12.1 Å². The Labute approximate surface area is 70.0 Å². The molecule has 1 aromatic rings. The second-order valence-electron chi connectivity index (χ2n) is 2.98. The summed E-state index contributed by atoms with van der Waals surface area (Å²) in [4.78, 5) is 12.6. The molecule has 0 fully saturated rings. The number of likely N-dealkylation sites (N-methyl/N-ethyl adjacent to an activating group) is 1. The van der Waals surface area contributed by atoms with E-state index in [0.717, 1.165) is 31.7 Å². The van der Waals surface area contributed by atoms with Crippen molar-refractivity contribution in [1.82, 2.24) is 19.7 Å². The Bertz CT molecular complexity index is 306. The predicted octanol–water partition coefficient (Wildman–Crippen LogP) is -0.464. The van der Waals surface area contributed by atoms with Crippen LogP contribution in [-0.2, 0) is 13.1 Å². The topological polar surface area (TPSA) is 51.0 Å². The number of rotatable bonds is 1. The summed E-state index contributed by atoms with van der Waals surface area (Å²) in [5, 5.41) is 7.69. The van der Waals surface area contributed by atoms with Gasteiger partial charge in [-0.05, 0) is 7.05 Å². The number of aldehydes is 1. The molecule has 1 aliphatic rings. The van der Waals surface area contributed by atoms with Crippen molar-refractivity contribution in [2.45, 2.75) is 13.1 Å². The third kappa shape index (κ3) is 1.02. The maximum atomic E-state index is 10.5. The standard InChI is InChI=1S/C7H10N4O/c1-10-2-3-11-6(4-10)8-9-7(11)5-12/h5H,2-4H2,1H3. The van der Waals surface area contributed by atoms with Gasteiger partial charge in [-0.25, -0.2) is 0 Å². The van der Waals surface area contributed by atoms with Crippen LogP contribution in [0, 0.1) is 0 Å². The Morgan fingerprint density at radius 3 is 3.00 bits per heavy atom. The van der Waals surface area contributed by atoms with Gasteiger partial charge in [0.1, 0.15) is 5.82 Å². The van der Waals surface area contributed by atoms with Crippen LogP contribution in [0.1, 0.15) is 16.4 Å². The molecule has 64 valence electrons. The summed E-state index contributed by atoms with van der Waals surface area (Å²) in [6.45, 7) is 2.54. The van der Waals surface area contributed by atoms with E-state index in [-0.39, 0.29) is 0 Å². The first-order chi connectivity index (χ1) is 5.81. The van der Waals surface area contributed by atoms with Gasteiger partial charge in [0, 0.05) is 13.1 Å². The van der Waals surface area contributed by atoms with Gasteiger partial charge in [-0.1, -0.05) is 0 Å². The van der Waals surface area contributed by atoms with Crippen LogP contribution in [0.5, 0.6) is 0 Å². The van der Waals surface area contributed by atoms with Crippen LogP contribution in [0.3, 0.4) is 0 Å². The maximum Gasteiger partial charge on any atom is 0.196 e. The Morgan fingerprint density at radius 2 is 2.25 bits per heavy atom. The number of hydrogen-bond acceptors (Lipinski definition) is 4. The molecule has 0 bridgehead atoms. The van der Waals surface area contributed by atoms with E-state index < -0.39 is 0 Å². The van der Waals surface area contributed by atoms with Crippen LogP contribution in [-0.4, -0.2) is 39.5 Å². The first-order valence-electron chi connectivity index (χ1n) is 3.87. The molecule has 0 amide bonds. The van der Waals surface area contributed by atoms with Gasteiger partial charge in [-0.2, -0.15) is 0 Å². The van der Waals surface area contributed by atoms with E-state index in [2.05, 4.69) is 15.1 Å². The second kappa shape index (κ2) is 2.67. The molecule has 5 heteroatoms. The van der Waals surface area contributed by atoms with E-state index in [1.165, 1.54) is 0 Å². The van der Waals surface area contributed by atoms with Crippen LogP contribution in [0.15, 0.2) is 0 Å². The molecular weight excluding hydrogens is 156 g/mol. The van der Waals surface area contributed by atoms with Gasteiger partial charge in [-0.15, -0.1) is 10.2 Å². The zero-order chi connectivity index (χ0) is 8.55. The molecule has 0 unspecified atom stereocenters. The summed E-state index contributed by atoms with van der Waals surface area (Å²) >= 11 is 0. The fourth-order valence-electron chi connectivity index (χ4n) is 1.39. The molecule has 2 rings (SSSR count). The normalized spacial score (nSPS) is 17.4. The van der Waals surface area contributed by atoms with Crippen molar-refractivity contribution in [1.29, 1.82) is 0 Å². The van der Waals surface area contributed by atoms with E-state index in [0.29, 0.717) is 5.82 Å². The van der Waals surface area contributed by atoms with E-state index in [4.69, 9.17) is 0 Å². The summed E-state index contributed by atoms with van der Waals surface area (Å²) in [7, 11) is 2.03. The van der Waals surface area contributed by atoms with Crippen LogP contribution in [0.25, 0.3) is 0 Å². The average molecular weight is 166 g/mol. The molecule has 2 heterocycles. The van der Waals surface area contributed by atoms with Gasteiger partial charge < -0.3 is 4.57 Å². The highest BCUT2D eigenvalue weighted by molar-refractivity contribution is 5.69. The lowest BCUT2D eigenvalue weighted by Gasteiger charge is -2.22. The van der Waals surface area contributed by atoms with Crippen LogP contribution in [0.4, 0.5) is 0 Å². The molecule has 0 aliphatic carbocycles. The van der Waals surface area contributed by atoms with Crippen molar-refractivity contribution in [3.8, 4) is 0 Å². The van der Waals surface area contributed by atoms with Crippen LogP contribution in [0.2, 0.25) is 0 Å². The van der Waals surface area contributed by atoms with Crippen molar-refractivity contribution in [3.63, 3.8) is 0 Å². The molecule has 0 saturated carbocycles. The average Bonchev–Trinajstić information content (AvgIpc) is 2.46. The zero-order valence-electron chi connectivity index (χ0n) is 6.90. The third-order valence-corrected chi connectivity index (χ3v) is 2.08. The molecule has 0 atom stereocenters. The van der Waals surface area contributed by atoms with Crippen molar-refractivity contribution >= 4 is 6.29 Å². The predicted molar refractivity (Wildman–Crippen MR) is 41.7 cm³/mol. The number of hydrogen-bond donors (Lipinski definition) is 0. The van der Waals surface area contributed by atoms with Gasteiger partial charge in [0.25, 0.3) is 0 Å². The highest BCUT2D eigenvalue weighted by Gasteiger charge is 2.17. The minimum absolute atomic E-state index is 0.443. The molecule has 0 saturated heterocycles. The molecule has 12 heavy (non-hydrogen) atoms. The quantitative estimate of drug-likeness (QED) is 0.529. The molecule has 5 nitrogen and oxygen atoms in total. The lowest BCUT2D eigenvalue weighted by atomic mass is 10.4.